The van der Waals surface area contributed by atoms with Gasteiger partial charge in [-0.25, -0.2) is 9.97 Å². The molecule has 2 aromatic heterocycles. The quantitative estimate of drug-likeness (QED) is 0.806. The summed E-state index contributed by atoms with van der Waals surface area (Å²) in [6, 6.07) is 0. The predicted molar refractivity (Wildman–Crippen MR) is 57.6 cm³/mol. The molecule has 0 saturated carbocycles. The largest absolute Gasteiger partial charge is 0.386 e. The summed E-state index contributed by atoms with van der Waals surface area (Å²) in [4.78, 5) is 8.11. The maximum Gasteiger partial charge on any atom is 0.138 e. The zero-order chi connectivity index (χ0) is 11.5. The van der Waals surface area contributed by atoms with Crippen LogP contribution in [0, 0.1) is 0 Å². The topological polar surface area (TPSA) is 68.8 Å². The number of rotatable bonds is 4. The van der Waals surface area contributed by atoms with Gasteiger partial charge in [-0.2, -0.15) is 5.10 Å². The number of aliphatic hydroxyl groups is 1. The highest BCUT2D eigenvalue weighted by molar-refractivity contribution is 5.05. The molecule has 0 spiro atoms. The minimum atomic E-state index is -0.592. The van der Waals surface area contributed by atoms with E-state index in [0.29, 0.717) is 6.42 Å². The smallest absolute Gasteiger partial charge is 0.138 e. The van der Waals surface area contributed by atoms with Gasteiger partial charge in [0.2, 0.25) is 0 Å². The molecule has 6 heteroatoms. The summed E-state index contributed by atoms with van der Waals surface area (Å²) in [7, 11) is 1.81. The first kappa shape index (κ1) is 10.8. The summed E-state index contributed by atoms with van der Waals surface area (Å²) in [5, 5.41) is 14.0. The fourth-order valence-electron chi connectivity index (χ4n) is 1.66. The number of aryl methyl sites for hydroxylation is 2. The van der Waals surface area contributed by atoms with Crippen molar-refractivity contribution in [3.63, 3.8) is 0 Å². The van der Waals surface area contributed by atoms with Crippen LogP contribution >= 0.6 is 0 Å². The van der Waals surface area contributed by atoms with Crippen LogP contribution in [0.2, 0.25) is 0 Å². The molecule has 1 N–H and O–H groups in total. The summed E-state index contributed by atoms with van der Waals surface area (Å²) < 4.78 is 3.58. The van der Waals surface area contributed by atoms with Crippen LogP contribution in [0.25, 0.3) is 0 Å². The van der Waals surface area contributed by atoms with Crippen molar-refractivity contribution >= 4 is 0 Å². The first-order valence-corrected chi connectivity index (χ1v) is 5.23. The third kappa shape index (κ3) is 1.96. The van der Waals surface area contributed by atoms with Crippen molar-refractivity contribution in [1.29, 1.82) is 0 Å². The molecular weight excluding hydrogens is 206 g/mol. The third-order valence-electron chi connectivity index (χ3n) is 2.61. The minimum Gasteiger partial charge on any atom is -0.386 e. The summed E-state index contributed by atoms with van der Waals surface area (Å²) in [5.74, 6) is 0.761. The summed E-state index contributed by atoms with van der Waals surface area (Å²) in [6.45, 7) is 2.81. The zero-order valence-electron chi connectivity index (χ0n) is 9.41. The number of hydrogen-bond donors (Lipinski definition) is 1. The molecule has 2 heterocycles. The van der Waals surface area contributed by atoms with Gasteiger partial charge in [0.15, 0.2) is 0 Å². The van der Waals surface area contributed by atoms with Crippen molar-refractivity contribution in [3.05, 3.63) is 30.4 Å². The van der Waals surface area contributed by atoms with Gasteiger partial charge in [-0.05, 0) is 6.92 Å². The standard InChI is InChI=1S/C10H15N5O/c1-3-15-7-11-5-8(15)9(16)4-10-12-6-13-14(10)2/h5-7,9,16H,3-4H2,1-2H3. The molecule has 2 rings (SSSR count). The molecule has 0 aliphatic carbocycles. The van der Waals surface area contributed by atoms with E-state index >= 15 is 0 Å². The Kier molecular flexibility index (Phi) is 3.00. The third-order valence-corrected chi connectivity index (χ3v) is 2.61. The minimum absolute atomic E-state index is 0.447. The van der Waals surface area contributed by atoms with Crippen molar-refractivity contribution in [2.75, 3.05) is 0 Å². The molecule has 0 aliphatic heterocycles. The second-order valence-electron chi connectivity index (χ2n) is 3.62. The molecule has 0 aromatic carbocycles. The number of aromatic nitrogens is 5. The Morgan fingerprint density at radius 3 is 2.94 bits per heavy atom. The first-order chi connectivity index (χ1) is 7.72. The van der Waals surface area contributed by atoms with Crippen molar-refractivity contribution in [2.45, 2.75) is 26.0 Å². The molecule has 16 heavy (non-hydrogen) atoms. The van der Waals surface area contributed by atoms with Gasteiger partial charge in [0.05, 0.1) is 18.2 Å². The lowest BCUT2D eigenvalue weighted by Gasteiger charge is -2.11. The molecule has 2 aromatic rings. The highest BCUT2D eigenvalue weighted by atomic mass is 16.3. The van der Waals surface area contributed by atoms with E-state index in [1.54, 1.807) is 17.2 Å². The van der Waals surface area contributed by atoms with Gasteiger partial charge < -0.3 is 9.67 Å². The average Bonchev–Trinajstić information content (AvgIpc) is 2.87. The van der Waals surface area contributed by atoms with E-state index in [2.05, 4.69) is 15.1 Å². The van der Waals surface area contributed by atoms with E-state index in [1.165, 1.54) is 6.33 Å². The molecule has 6 nitrogen and oxygen atoms in total. The molecule has 0 aliphatic rings. The van der Waals surface area contributed by atoms with Crippen molar-refractivity contribution < 1.29 is 5.11 Å². The Morgan fingerprint density at radius 1 is 1.50 bits per heavy atom. The molecule has 0 bridgehead atoms. The summed E-state index contributed by atoms with van der Waals surface area (Å²) >= 11 is 0. The lowest BCUT2D eigenvalue weighted by atomic mass is 10.2. The number of nitrogens with zero attached hydrogens (tertiary/aromatic N) is 5. The van der Waals surface area contributed by atoms with Crippen LogP contribution in [-0.4, -0.2) is 29.4 Å². The fraction of sp³-hybridized carbons (Fsp3) is 0.500. The lowest BCUT2D eigenvalue weighted by molar-refractivity contribution is 0.165. The SMILES string of the molecule is CCn1cncc1C(O)Cc1ncnn1C. The van der Waals surface area contributed by atoms with Gasteiger partial charge in [-0.15, -0.1) is 0 Å². The fourth-order valence-corrected chi connectivity index (χ4v) is 1.66. The Labute approximate surface area is 93.6 Å². The van der Waals surface area contributed by atoms with Crippen molar-refractivity contribution in [1.82, 2.24) is 24.3 Å². The highest BCUT2D eigenvalue weighted by Gasteiger charge is 2.15. The molecular formula is C10H15N5O. The van der Waals surface area contributed by atoms with Gasteiger partial charge in [-0.1, -0.05) is 0 Å². The average molecular weight is 221 g/mol. The summed E-state index contributed by atoms with van der Waals surface area (Å²) in [5.41, 5.74) is 0.811. The molecule has 0 amide bonds. The Bertz CT molecular complexity index is 461. The second-order valence-corrected chi connectivity index (χ2v) is 3.62. The van der Waals surface area contributed by atoms with Gasteiger partial charge in [-0.3, -0.25) is 4.68 Å². The van der Waals surface area contributed by atoms with E-state index in [4.69, 9.17) is 0 Å². The second kappa shape index (κ2) is 4.44. The Hall–Kier alpha value is -1.69. The van der Waals surface area contributed by atoms with Crippen LogP contribution in [0.3, 0.4) is 0 Å². The number of imidazole rings is 1. The van der Waals surface area contributed by atoms with E-state index in [0.717, 1.165) is 18.1 Å². The van der Waals surface area contributed by atoms with Gasteiger partial charge in [0, 0.05) is 20.0 Å². The van der Waals surface area contributed by atoms with Gasteiger partial charge in [0.25, 0.3) is 0 Å². The number of aliphatic hydroxyl groups excluding tert-OH is 1. The van der Waals surface area contributed by atoms with E-state index in [1.807, 2.05) is 18.5 Å². The maximum absolute atomic E-state index is 10.1. The van der Waals surface area contributed by atoms with Crippen LogP contribution in [0.1, 0.15) is 24.5 Å². The van der Waals surface area contributed by atoms with Crippen LogP contribution < -0.4 is 0 Å². The van der Waals surface area contributed by atoms with Gasteiger partial charge in [0.1, 0.15) is 18.3 Å². The molecule has 0 radical (unpaired) electrons. The maximum atomic E-state index is 10.1. The molecule has 1 atom stereocenters. The first-order valence-electron chi connectivity index (χ1n) is 5.23. The van der Waals surface area contributed by atoms with Crippen molar-refractivity contribution in [2.24, 2.45) is 7.05 Å². The summed E-state index contributed by atoms with van der Waals surface area (Å²) in [6.07, 6.45) is 4.74. The van der Waals surface area contributed by atoms with Crippen LogP contribution in [0.5, 0.6) is 0 Å². The zero-order valence-corrected chi connectivity index (χ0v) is 9.41. The monoisotopic (exact) mass is 221 g/mol. The van der Waals surface area contributed by atoms with Crippen molar-refractivity contribution in [3.8, 4) is 0 Å². The van der Waals surface area contributed by atoms with Crippen LogP contribution in [0.4, 0.5) is 0 Å². The van der Waals surface area contributed by atoms with E-state index in [9.17, 15) is 5.11 Å². The normalized spacial score (nSPS) is 12.9. The number of hydrogen-bond acceptors (Lipinski definition) is 4. The highest BCUT2D eigenvalue weighted by Crippen LogP contribution is 2.16. The van der Waals surface area contributed by atoms with Gasteiger partial charge >= 0.3 is 0 Å². The van der Waals surface area contributed by atoms with E-state index < -0.39 is 6.10 Å². The lowest BCUT2D eigenvalue weighted by Crippen LogP contribution is -2.11. The molecule has 0 fully saturated rings. The van der Waals surface area contributed by atoms with Crippen LogP contribution in [0.15, 0.2) is 18.9 Å². The molecule has 0 saturated heterocycles. The Morgan fingerprint density at radius 2 is 2.31 bits per heavy atom. The molecule has 86 valence electrons. The predicted octanol–water partition coefficient (Wildman–Crippen LogP) is 0.308. The molecule has 1 unspecified atom stereocenters. The Balaban J connectivity index is 2.14. The van der Waals surface area contributed by atoms with E-state index in [-0.39, 0.29) is 0 Å². The van der Waals surface area contributed by atoms with Crippen LogP contribution in [-0.2, 0) is 20.0 Å².